The molecule has 0 radical (unpaired) electrons. The molecule has 172 valence electrons. The monoisotopic (exact) mass is 447 g/mol. The highest BCUT2D eigenvalue weighted by atomic mass is 16.4. The molecule has 33 heavy (non-hydrogen) atoms. The summed E-state index contributed by atoms with van der Waals surface area (Å²) in [7, 11) is 3.31. The third-order valence-electron chi connectivity index (χ3n) is 5.84. The van der Waals surface area contributed by atoms with Crippen LogP contribution in [0.5, 0.6) is 0 Å². The number of rotatable bonds is 8. The van der Waals surface area contributed by atoms with Crippen LogP contribution < -0.4 is 5.56 Å². The van der Waals surface area contributed by atoms with E-state index in [4.69, 9.17) is 5.11 Å². The molecule has 1 aromatic heterocycles. The van der Waals surface area contributed by atoms with E-state index in [0.29, 0.717) is 23.3 Å². The van der Waals surface area contributed by atoms with Crippen LogP contribution in [0, 0.1) is 6.92 Å². The lowest BCUT2D eigenvalue weighted by Gasteiger charge is -2.22. The largest absolute Gasteiger partial charge is 0.411 e. The Hall–Kier alpha value is -3.71. The molecule has 2 N–H and O–H groups in total. The molecular weight excluding hydrogens is 418 g/mol. The van der Waals surface area contributed by atoms with E-state index < -0.39 is 0 Å². The second-order valence-corrected chi connectivity index (χ2v) is 8.10. The summed E-state index contributed by atoms with van der Waals surface area (Å²) in [6.45, 7) is 2.21. The number of benzene rings is 2. The molecule has 0 saturated heterocycles. The summed E-state index contributed by atoms with van der Waals surface area (Å²) >= 11 is 0. The van der Waals surface area contributed by atoms with Gasteiger partial charge in [0.15, 0.2) is 0 Å². The number of likely N-dealkylation sites (N-methyl/N-ethyl adjacent to an activating group) is 1. The number of aryl methyl sites for hydroxylation is 2. The summed E-state index contributed by atoms with van der Waals surface area (Å²) in [6.07, 6.45) is 2.06. The number of carbonyl (C=O) groups is 1. The zero-order valence-electron chi connectivity index (χ0n) is 19.1. The summed E-state index contributed by atoms with van der Waals surface area (Å²) in [4.78, 5) is 25.8. The second kappa shape index (κ2) is 10.7. The fraction of sp³-hybridized carbons (Fsp3) is 0.269. The number of amides is 1. The fourth-order valence-corrected chi connectivity index (χ4v) is 3.89. The van der Waals surface area contributed by atoms with Crippen molar-refractivity contribution in [2.45, 2.75) is 19.3 Å². The molecule has 0 aliphatic carbocycles. The van der Waals surface area contributed by atoms with Crippen molar-refractivity contribution in [3.8, 4) is 0 Å². The van der Waals surface area contributed by atoms with Crippen LogP contribution in [-0.4, -0.2) is 51.6 Å². The Morgan fingerprint density at radius 1 is 1.06 bits per heavy atom. The van der Waals surface area contributed by atoms with E-state index in [1.54, 1.807) is 38.5 Å². The number of oxime groups is 1. The third kappa shape index (κ3) is 5.56. The van der Waals surface area contributed by atoms with Gasteiger partial charge in [-0.1, -0.05) is 41.6 Å². The van der Waals surface area contributed by atoms with Crippen LogP contribution in [-0.2, 0) is 7.05 Å². The molecule has 1 amide bonds. The lowest BCUT2D eigenvalue weighted by molar-refractivity contribution is 0.0767. The highest BCUT2D eigenvalue weighted by Crippen LogP contribution is 2.32. The van der Waals surface area contributed by atoms with Gasteiger partial charge < -0.3 is 19.8 Å². The molecule has 7 nitrogen and oxygen atoms in total. The van der Waals surface area contributed by atoms with Crippen LogP contribution >= 0.6 is 0 Å². The van der Waals surface area contributed by atoms with Crippen molar-refractivity contribution in [1.82, 2.24) is 9.47 Å². The van der Waals surface area contributed by atoms with Crippen LogP contribution in [0.25, 0.3) is 0 Å². The maximum atomic E-state index is 12.5. The molecule has 1 unspecified atom stereocenters. The molecule has 0 spiro atoms. The Labute approximate surface area is 193 Å². The lowest BCUT2D eigenvalue weighted by Crippen LogP contribution is -2.29. The van der Waals surface area contributed by atoms with Crippen LogP contribution in [0.1, 0.15) is 45.0 Å². The number of aliphatic hydroxyl groups excluding tert-OH is 1. The maximum Gasteiger partial charge on any atom is 0.253 e. The van der Waals surface area contributed by atoms with Gasteiger partial charge in [-0.25, -0.2) is 0 Å². The molecule has 7 heteroatoms. The first-order valence-electron chi connectivity index (χ1n) is 10.8. The highest BCUT2D eigenvalue weighted by Gasteiger charge is 2.21. The first-order valence-corrected chi connectivity index (χ1v) is 10.8. The van der Waals surface area contributed by atoms with E-state index in [0.717, 1.165) is 16.7 Å². The zero-order chi connectivity index (χ0) is 24.0. The minimum absolute atomic E-state index is 0.0932. The van der Waals surface area contributed by atoms with Gasteiger partial charge in [0.05, 0.1) is 12.3 Å². The highest BCUT2D eigenvalue weighted by molar-refractivity contribution is 6.00. The number of nitrogens with zero attached hydrogens (tertiary/aromatic N) is 3. The summed E-state index contributed by atoms with van der Waals surface area (Å²) < 4.78 is 1.45. The molecule has 0 bridgehead atoms. The van der Waals surface area contributed by atoms with Gasteiger partial charge in [-0.3, -0.25) is 9.59 Å². The molecule has 0 saturated carbocycles. The Morgan fingerprint density at radius 2 is 1.73 bits per heavy atom. The first-order chi connectivity index (χ1) is 15.8. The molecule has 1 atom stereocenters. The molecule has 1 heterocycles. The second-order valence-electron chi connectivity index (χ2n) is 8.10. The van der Waals surface area contributed by atoms with E-state index >= 15 is 0 Å². The Morgan fingerprint density at radius 3 is 2.33 bits per heavy atom. The summed E-state index contributed by atoms with van der Waals surface area (Å²) in [5, 5.41) is 22.5. The van der Waals surface area contributed by atoms with Crippen molar-refractivity contribution >= 4 is 11.6 Å². The van der Waals surface area contributed by atoms with Gasteiger partial charge in [0, 0.05) is 56.4 Å². The molecule has 0 fully saturated rings. The van der Waals surface area contributed by atoms with Crippen LogP contribution in [0.2, 0.25) is 0 Å². The average Bonchev–Trinajstić information content (AvgIpc) is 2.82. The maximum absolute atomic E-state index is 12.5. The van der Waals surface area contributed by atoms with E-state index in [-0.39, 0.29) is 30.5 Å². The molecule has 0 aliphatic rings. The van der Waals surface area contributed by atoms with Crippen LogP contribution in [0.3, 0.4) is 0 Å². The first kappa shape index (κ1) is 23.9. The molecular formula is C26H29N3O4. The summed E-state index contributed by atoms with van der Waals surface area (Å²) in [5.41, 5.74) is 4.67. The zero-order valence-corrected chi connectivity index (χ0v) is 19.1. The standard InChI is InChI=1S/C26H29N3O4/c1-18-6-4-5-7-22(18)23(16-24(27-33)21-12-13-25(31)29(3)17-21)19-8-10-20(11-9-19)26(32)28(2)14-15-30/h4-13,17,23,30,33H,14-16H2,1-3H3. The van der Waals surface area contributed by atoms with Gasteiger partial charge >= 0.3 is 0 Å². The number of pyridine rings is 1. The van der Waals surface area contributed by atoms with Crippen LogP contribution in [0.4, 0.5) is 0 Å². The van der Waals surface area contributed by atoms with Crippen molar-refractivity contribution < 1.29 is 15.1 Å². The van der Waals surface area contributed by atoms with Gasteiger partial charge in [0.2, 0.25) is 5.56 Å². The minimum atomic E-state index is -0.161. The average molecular weight is 448 g/mol. The Kier molecular flexibility index (Phi) is 7.79. The fourth-order valence-electron chi connectivity index (χ4n) is 3.89. The van der Waals surface area contributed by atoms with Gasteiger partial charge in [0.1, 0.15) is 0 Å². The van der Waals surface area contributed by atoms with Crippen molar-refractivity contribution in [2.24, 2.45) is 12.2 Å². The van der Waals surface area contributed by atoms with Crippen molar-refractivity contribution in [3.05, 3.63) is 105 Å². The minimum Gasteiger partial charge on any atom is -0.411 e. The van der Waals surface area contributed by atoms with E-state index in [2.05, 4.69) is 5.16 Å². The van der Waals surface area contributed by atoms with Gasteiger partial charge in [-0.15, -0.1) is 0 Å². The van der Waals surface area contributed by atoms with Crippen molar-refractivity contribution in [2.75, 3.05) is 20.2 Å². The number of hydrogen-bond donors (Lipinski definition) is 2. The molecule has 2 aromatic carbocycles. The van der Waals surface area contributed by atoms with E-state index in [9.17, 15) is 14.8 Å². The van der Waals surface area contributed by atoms with E-state index in [1.165, 1.54) is 15.5 Å². The third-order valence-corrected chi connectivity index (χ3v) is 5.84. The Bertz CT molecular complexity index is 1200. The molecule has 0 aliphatic heterocycles. The van der Waals surface area contributed by atoms with Gasteiger partial charge in [-0.2, -0.15) is 0 Å². The van der Waals surface area contributed by atoms with Crippen molar-refractivity contribution in [3.63, 3.8) is 0 Å². The van der Waals surface area contributed by atoms with Crippen LogP contribution in [0.15, 0.2) is 76.8 Å². The smallest absolute Gasteiger partial charge is 0.253 e. The predicted octanol–water partition coefficient (Wildman–Crippen LogP) is 3.16. The SMILES string of the molecule is Cc1ccccc1C(CC(=NO)c1ccc(=O)n(C)c1)c1ccc(C(=O)N(C)CCO)cc1. The molecule has 3 aromatic rings. The predicted molar refractivity (Wildman–Crippen MR) is 128 cm³/mol. The topological polar surface area (TPSA) is 95.1 Å². The number of hydrogen-bond acceptors (Lipinski definition) is 5. The number of aliphatic hydroxyl groups is 1. The van der Waals surface area contributed by atoms with E-state index in [1.807, 2.05) is 43.3 Å². The quantitative estimate of drug-likeness (QED) is 0.315. The molecule has 3 rings (SSSR count). The number of carbonyl (C=O) groups excluding carboxylic acids is 1. The van der Waals surface area contributed by atoms with Crippen molar-refractivity contribution in [1.29, 1.82) is 0 Å². The number of aromatic nitrogens is 1. The lowest BCUT2D eigenvalue weighted by atomic mass is 9.83. The summed E-state index contributed by atoms with van der Waals surface area (Å²) in [5.74, 6) is -0.292. The Balaban J connectivity index is 1.99. The normalized spacial score (nSPS) is 12.4. The van der Waals surface area contributed by atoms with Gasteiger partial charge in [-0.05, 0) is 41.8 Å². The summed E-state index contributed by atoms with van der Waals surface area (Å²) in [6, 6.07) is 18.5. The van der Waals surface area contributed by atoms with Gasteiger partial charge in [0.25, 0.3) is 5.91 Å².